The van der Waals surface area contributed by atoms with Crippen molar-refractivity contribution in [2.75, 3.05) is 13.6 Å². The van der Waals surface area contributed by atoms with Gasteiger partial charge in [-0.2, -0.15) is 0 Å². The summed E-state index contributed by atoms with van der Waals surface area (Å²) in [5, 5.41) is 3.32. The molecule has 0 bridgehead atoms. The molecule has 0 spiro atoms. The van der Waals surface area contributed by atoms with Crippen molar-refractivity contribution in [3.63, 3.8) is 0 Å². The van der Waals surface area contributed by atoms with Gasteiger partial charge in [-0.15, -0.1) is 0 Å². The van der Waals surface area contributed by atoms with Crippen LogP contribution in [0.2, 0.25) is 0 Å². The van der Waals surface area contributed by atoms with E-state index < -0.39 is 0 Å². The smallest absolute Gasteiger partial charge is 0.142 e. The molecule has 5 atom stereocenters. The fourth-order valence-electron chi connectivity index (χ4n) is 5.90. The predicted octanol–water partition coefficient (Wildman–Crippen LogP) is 5.16. The molecule has 2 saturated carbocycles. The molecule has 2 heteroatoms. The summed E-state index contributed by atoms with van der Waals surface area (Å²) >= 11 is 0. The van der Waals surface area contributed by atoms with Crippen molar-refractivity contribution in [1.82, 2.24) is 5.32 Å². The van der Waals surface area contributed by atoms with Gasteiger partial charge in [-0.05, 0) is 86.8 Å². The van der Waals surface area contributed by atoms with Gasteiger partial charge in [0, 0.05) is 0 Å². The van der Waals surface area contributed by atoms with E-state index in [2.05, 4.69) is 31.3 Å². The second-order valence-corrected chi connectivity index (χ2v) is 8.20. The van der Waals surface area contributed by atoms with Crippen LogP contribution in [0, 0.1) is 28.6 Å². The quantitative estimate of drug-likeness (QED) is 0.438. The summed E-state index contributed by atoms with van der Waals surface area (Å²) < 4.78 is 0. The van der Waals surface area contributed by atoms with Gasteiger partial charge < -0.3 is 5.32 Å². The predicted molar refractivity (Wildman–Crippen MR) is 103 cm³/mol. The first-order chi connectivity index (χ1) is 11.5. The lowest BCUT2D eigenvalue weighted by Crippen LogP contribution is -2.49. The van der Waals surface area contributed by atoms with Crippen LogP contribution < -0.4 is 5.32 Å². The molecule has 0 aromatic rings. The zero-order valence-electron chi connectivity index (χ0n) is 16.4. The molecule has 0 radical (unpaired) electrons. The Labute approximate surface area is 149 Å². The molecule has 5 unspecified atom stereocenters. The number of carbonyl (C=O) groups is 1. The van der Waals surface area contributed by atoms with Crippen molar-refractivity contribution in [2.24, 2.45) is 28.6 Å². The minimum absolute atomic E-state index is 0.205. The first-order valence-electron chi connectivity index (χ1n) is 10.0. The molecule has 1 N–H and O–H groups in total. The van der Waals surface area contributed by atoms with E-state index in [1.165, 1.54) is 31.3 Å². The summed E-state index contributed by atoms with van der Waals surface area (Å²) in [6.07, 6.45) is 15.3. The standard InChI is InChI=1S/C20H31NO.C2H6/c1-19-10-4-5-17(19)16-7-6-15(9-14-22)20(2,12-13-21-3)18(16)8-11-19;1-2/h4,9-10,14,16-18,21H,5-8,11-13H2,1-3H3;1-2H3/b15-9-;. The van der Waals surface area contributed by atoms with Crippen molar-refractivity contribution >= 4 is 6.29 Å². The first-order valence-corrected chi connectivity index (χ1v) is 10.0. The molecule has 3 aliphatic carbocycles. The van der Waals surface area contributed by atoms with Crippen molar-refractivity contribution in [3.05, 3.63) is 23.8 Å². The van der Waals surface area contributed by atoms with E-state index in [1.54, 1.807) is 0 Å². The summed E-state index contributed by atoms with van der Waals surface area (Å²) in [7, 11) is 2.03. The maximum absolute atomic E-state index is 11.1. The van der Waals surface area contributed by atoms with Crippen LogP contribution in [0.3, 0.4) is 0 Å². The van der Waals surface area contributed by atoms with Gasteiger partial charge in [-0.25, -0.2) is 0 Å². The lowest BCUT2D eigenvalue weighted by molar-refractivity contribution is -0.104. The van der Waals surface area contributed by atoms with Gasteiger partial charge in [0.2, 0.25) is 0 Å². The minimum Gasteiger partial charge on any atom is -0.320 e. The average molecular weight is 332 g/mol. The van der Waals surface area contributed by atoms with Crippen molar-refractivity contribution < 1.29 is 4.79 Å². The van der Waals surface area contributed by atoms with Crippen molar-refractivity contribution in [1.29, 1.82) is 0 Å². The number of carbonyl (C=O) groups excluding carboxylic acids is 1. The number of aldehydes is 1. The number of allylic oxidation sites excluding steroid dienone is 4. The molecule has 0 aromatic carbocycles. The molecule has 0 aromatic heterocycles. The van der Waals surface area contributed by atoms with Gasteiger partial charge in [0.05, 0.1) is 0 Å². The van der Waals surface area contributed by atoms with E-state index in [0.717, 1.165) is 43.4 Å². The zero-order chi connectivity index (χ0) is 17.8. The molecule has 3 aliphatic rings. The maximum Gasteiger partial charge on any atom is 0.142 e. The highest BCUT2D eigenvalue weighted by Gasteiger charge is 2.54. The Bertz CT molecular complexity index is 494. The maximum atomic E-state index is 11.1. The Morgan fingerprint density at radius 1 is 1.25 bits per heavy atom. The van der Waals surface area contributed by atoms with Crippen LogP contribution in [-0.4, -0.2) is 19.9 Å². The van der Waals surface area contributed by atoms with E-state index in [-0.39, 0.29) is 5.41 Å². The van der Waals surface area contributed by atoms with Crippen LogP contribution in [0.5, 0.6) is 0 Å². The third-order valence-electron chi connectivity index (χ3n) is 7.23. The topological polar surface area (TPSA) is 29.1 Å². The highest BCUT2D eigenvalue weighted by Crippen LogP contribution is 2.62. The van der Waals surface area contributed by atoms with Gasteiger partial charge in [-0.1, -0.05) is 45.4 Å². The average Bonchev–Trinajstić information content (AvgIpc) is 2.99. The van der Waals surface area contributed by atoms with Gasteiger partial charge in [0.25, 0.3) is 0 Å². The number of rotatable bonds is 4. The van der Waals surface area contributed by atoms with E-state index in [1.807, 2.05) is 27.0 Å². The summed E-state index contributed by atoms with van der Waals surface area (Å²) in [6, 6.07) is 0. The summed E-state index contributed by atoms with van der Waals surface area (Å²) in [5.41, 5.74) is 2.06. The summed E-state index contributed by atoms with van der Waals surface area (Å²) in [5.74, 6) is 2.41. The molecule has 3 rings (SSSR count). The van der Waals surface area contributed by atoms with E-state index >= 15 is 0 Å². The fraction of sp³-hybridized carbons (Fsp3) is 0.773. The molecule has 0 amide bonds. The van der Waals surface area contributed by atoms with E-state index in [0.29, 0.717) is 5.41 Å². The molecule has 136 valence electrons. The van der Waals surface area contributed by atoms with Crippen LogP contribution in [0.1, 0.15) is 66.2 Å². The third kappa shape index (κ3) is 3.27. The van der Waals surface area contributed by atoms with Gasteiger partial charge >= 0.3 is 0 Å². The van der Waals surface area contributed by atoms with Crippen molar-refractivity contribution in [3.8, 4) is 0 Å². The van der Waals surface area contributed by atoms with Gasteiger partial charge in [0.15, 0.2) is 0 Å². The largest absolute Gasteiger partial charge is 0.320 e. The highest BCUT2D eigenvalue weighted by molar-refractivity contribution is 5.66. The fourth-order valence-corrected chi connectivity index (χ4v) is 5.90. The highest BCUT2D eigenvalue weighted by atomic mass is 16.1. The monoisotopic (exact) mass is 331 g/mol. The molecule has 0 saturated heterocycles. The van der Waals surface area contributed by atoms with E-state index in [9.17, 15) is 4.79 Å². The lowest BCUT2D eigenvalue weighted by Gasteiger charge is -2.56. The van der Waals surface area contributed by atoms with Crippen LogP contribution in [-0.2, 0) is 4.79 Å². The normalized spacial score (nSPS) is 42.0. The molecule has 0 aliphatic heterocycles. The van der Waals surface area contributed by atoms with Crippen LogP contribution in [0.25, 0.3) is 0 Å². The van der Waals surface area contributed by atoms with Crippen LogP contribution in [0.15, 0.2) is 23.8 Å². The SMILES string of the molecule is CC.CNCCC1(C)/C(=C\C=O)CCC2C3CC=CC3(C)CCC21. The Morgan fingerprint density at radius 2 is 2.00 bits per heavy atom. The van der Waals surface area contributed by atoms with Gasteiger partial charge in [0.1, 0.15) is 6.29 Å². The zero-order valence-corrected chi connectivity index (χ0v) is 16.4. The Balaban J connectivity index is 0.00000100. The number of hydrogen-bond acceptors (Lipinski definition) is 2. The Hall–Kier alpha value is -0.890. The molecule has 24 heavy (non-hydrogen) atoms. The second-order valence-electron chi connectivity index (χ2n) is 8.20. The lowest BCUT2D eigenvalue weighted by atomic mass is 9.48. The number of nitrogens with one attached hydrogen (secondary N) is 1. The molecule has 2 nitrogen and oxygen atoms in total. The number of fused-ring (bicyclic) bond motifs is 3. The molecular formula is C22H37NO. The Morgan fingerprint density at radius 3 is 2.67 bits per heavy atom. The summed E-state index contributed by atoms with van der Waals surface area (Å²) in [4.78, 5) is 11.1. The van der Waals surface area contributed by atoms with Crippen molar-refractivity contribution in [2.45, 2.75) is 66.2 Å². The molecule has 2 fully saturated rings. The first kappa shape index (κ1) is 19.4. The van der Waals surface area contributed by atoms with Gasteiger partial charge in [-0.3, -0.25) is 4.79 Å². The second kappa shape index (κ2) is 7.99. The molecular weight excluding hydrogens is 294 g/mol. The number of hydrogen-bond donors (Lipinski definition) is 1. The summed E-state index contributed by atoms with van der Waals surface area (Å²) in [6.45, 7) is 9.94. The van der Waals surface area contributed by atoms with Crippen LogP contribution >= 0.6 is 0 Å². The van der Waals surface area contributed by atoms with E-state index in [4.69, 9.17) is 0 Å². The Kier molecular flexibility index (Phi) is 6.47. The molecule has 0 heterocycles. The minimum atomic E-state index is 0.205. The third-order valence-corrected chi connectivity index (χ3v) is 7.23. The van der Waals surface area contributed by atoms with Crippen LogP contribution in [0.4, 0.5) is 0 Å².